The number of nitrogens with one attached hydrogen (secondary N) is 3. The molecule has 0 unspecified atom stereocenters. The number of hydrogen-bond donors (Lipinski definition) is 3. The van der Waals surface area contributed by atoms with Crippen molar-refractivity contribution in [2.45, 2.75) is 0 Å². The summed E-state index contributed by atoms with van der Waals surface area (Å²) in [6.45, 7) is -0.336. The average molecular weight is 453 g/mol. The molecule has 0 saturated carbocycles. The molecule has 11 heteroatoms. The SMILES string of the molecule is CNC(=O)C(=O)N/N=C\c1cc(Cl)c(OCC(=O)Nc2ccccc2Cl)c(OC)c1. The molecule has 2 rings (SSSR count). The minimum Gasteiger partial charge on any atom is -0.493 e. The lowest BCUT2D eigenvalue weighted by atomic mass is 10.2. The zero-order valence-corrected chi connectivity index (χ0v) is 17.5. The van der Waals surface area contributed by atoms with E-state index in [0.717, 1.165) is 0 Å². The maximum atomic E-state index is 12.1. The molecule has 158 valence electrons. The van der Waals surface area contributed by atoms with Crippen molar-refractivity contribution >= 4 is 52.8 Å². The van der Waals surface area contributed by atoms with E-state index in [1.807, 2.05) is 0 Å². The van der Waals surface area contributed by atoms with Crippen LogP contribution in [0.1, 0.15) is 5.56 Å². The summed E-state index contributed by atoms with van der Waals surface area (Å²) in [5.74, 6) is -1.80. The van der Waals surface area contributed by atoms with Gasteiger partial charge < -0.3 is 20.1 Å². The molecule has 0 aliphatic heterocycles. The summed E-state index contributed by atoms with van der Waals surface area (Å²) in [4.78, 5) is 34.6. The number of hydrogen-bond acceptors (Lipinski definition) is 6. The summed E-state index contributed by atoms with van der Waals surface area (Å²) in [5, 5.41) is 9.01. The molecule has 0 atom stereocenters. The summed E-state index contributed by atoms with van der Waals surface area (Å²) >= 11 is 12.2. The van der Waals surface area contributed by atoms with E-state index in [-0.39, 0.29) is 23.1 Å². The van der Waals surface area contributed by atoms with Crippen LogP contribution in [0.25, 0.3) is 0 Å². The van der Waals surface area contributed by atoms with Gasteiger partial charge in [0.15, 0.2) is 18.1 Å². The van der Waals surface area contributed by atoms with Crippen LogP contribution in [-0.2, 0) is 14.4 Å². The molecule has 2 aromatic carbocycles. The van der Waals surface area contributed by atoms with Crippen LogP contribution in [-0.4, -0.2) is 44.7 Å². The van der Waals surface area contributed by atoms with Gasteiger partial charge in [0.2, 0.25) is 0 Å². The second kappa shape index (κ2) is 11.0. The quantitative estimate of drug-likeness (QED) is 0.338. The number of benzene rings is 2. The van der Waals surface area contributed by atoms with Gasteiger partial charge in [-0.25, -0.2) is 5.43 Å². The Bertz CT molecular complexity index is 981. The van der Waals surface area contributed by atoms with E-state index in [1.165, 1.54) is 32.5 Å². The Morgan fingerprint density at radius 1 is 1.10 bits per heavy atom. The van der Waals surface area contributed by atoms with E-state index in [9.17, 15) is 14.4 Å². The van der Waals surface area contributed by atoms with Gasteiger partial charge in [-0.2, -0.15) is 5.10 Å². The van der Waals surface area contributed by atoms with E-state index >= 15 is 0 Å². The van der Waals surface area contributed by atoms with E-state index < -0.39 is 17.7 Å². The molecule has 0 bridgehead atoms. The lowest BCUT2D eigenvalue weighted by Gasteiger charge is -2.13. The molecule has 2 aromatic rings. The molecule has 0 aliphatic carbocycles. The van der Waals surface area contributed by atoms with Crippen LogP contribution >= 0.6 is 23.2 Å². The number of halogens is 2. The molecule has 0 aromatic heterocycles. The highest BCUT2D eigenvalue weighted by Crippen LogP contribution is 2.36. The van der Waals surface area contributed by atoms with Crippen LogP contribution < -0.4 is 25.5 Å². The number of likely N-dealkylation sites (N-methyl/N-ethyl adjacent to an activating group) is 1. The number of rotatable bonds is 7. The van der Waals surface area contributed by atoms with E-state index in [0.29, 0.717) is 16.3 Å². The van der Waals surface area contributed by atoms with Crippen LogP contribution in [0.3, 0.4) is 0 Å². The molecule has 0 radical (unpaired) electrons. The van der Waals surface area contributed by atoms with Crippen molar-refractivity contribution in [1.29, 1.82) is 0 Å². The van der Waals surface area contributed by atoms with E-state index in [2.05, 4.69) is 21.2 Å². The summed E-state index contributed by atoms with van der Waals surface area (Å²) < 4.78 is 10.7. The average Bonchev–Trinajstić information content (AvgIpc) is 2.73. The molecule has 0 heterocycles. The van der Waals surface area contributed by atoms with Gasteiger partial charge in [0.25, 0.3) is 5.91 Å². The topological polar surface area (TPSA) is 118 Å². The molecular weight excluding hydrogens is 435 g/mol. The molecule has 30 heavy (non-hydrogen) atoms. The van der Waals surface area contributed by atoms with Crippen LogP contribution in [0.5, 0.6) is 11.5 Å². The third-order valence-electron chi connectivity index (χ3n) is 3.56. The van der Waals surface area contributed by atoms with Crippen molar-refractivity contribution < 1.29 is 23.9 Å². The van der Waals surface area contributed by atoms with Crippen LogP contribution in [0.15, 0.2) is 41.5 Å². The standard InChI is InChI=1S/C19H18Cl2N4O5/c1-22-18(27)19(28)25-23-9-11-7-13(21)17(15(8-11)29-2)30-10-16(26)24-14-6-4-3-5-12(14)20/h3-9H,10H2,1-2H3,(H,22,27)(H,24,26)(H,25,28)/b23-9-. The van der Waals surface area contributed by atoms with Gasteiger partial charge >= 0.3 is 11.8 Å². The van der Waals surface area contributed by atoms with Crippen molar-refractivity contribution in [2.24, 2.45) is 5.10 Å². The largest absolute Gasteiger partial charge is 0.493 e. The van der Waals surface area contributed by atoms with E-state index in [4.69, 9.17) is 32.7 Å². The van der Waals surface area contributed by atoms with Gasteiger partial charge in [-0.3, -0.25) is 14.4 Å². The third-order valence-corrected chi connectivity index (χ3v) is 4.17. The number of methoxy groups -OCH3 is 1. The molecule has 0 aliphatic rings. The fraction of sp³-hybridized carbons (Fsp3) is 0.158. The number of para-hydroxylation sites is 1. The van der Waals surface area contributed by atoms with Gasteiger partial charge in [0, 0.05) is 7.05 Å². The number of nitrogens with zero attached hydrogens (tertiary/aromatic N) is 1. The summed E-state index contributed by atoms with van der Waals surface area (Å²) in [6.07, 6.45) is 1.27. The molecule has 3 N–H and O–H groups in total. The number of ether oxygens (including phenoxy) is 2. The number of anilines is 1. The number of hydrazone groups is 1. The fourth-order valence-corrected chi connectivity index (χ4v) is 2.63. The van der Waals surface area contributed by atoms with Crippen molar-refractivity contribution in [1.82, 2.24) is 10.7 Å². The highest BCUT2D eigenvalue weighted by atomic mass is 35.5. The van der Waals surface area contributed by atoms with Crippen molar-refractivity contribution in [2.75, 3.05) is 26.1 Å². The first-order valence-corrected chi connectivity index (χ1v) is 9.21. The van der Waals surface area contributed by atoms with Crippen molar-refractivity contribution in [3.8, 4) is 11.5 Å². The second-order valence-electron chi connectivity index (χ2n) is 5.63. The van der Waals surface area contributed by atoms with Crippen molar-refractivity contribution in [3.05, 3.63) is 52.0 Å². The Morgan fingerprint density at radius 3 is 2.50 bits per heavy atom. The predicted molar refractivity (Wildman–Crippen MR) is 113 cm³/mol. The van der Waals surface area contributed by atoms with Gasteiger partial charge in [-0.15, -0.1) is 0 Å². The lowest BCUT2D eigenvalue weighted by molar-refractivity contribution is -0.138. The smallest absolute Gasteiger partial charge is 0.329 e. The lowest BCUT2D eigenvalue weighted by Crippen LogP contribution is -2.35. The molecule has 0 fully saturated rings. The molecular formula is C19H18Cl2N4O5. The second-order valence-corrected chi connectivity index (χ2v) is 6.44. The molecule has 9 nitrogen and oxygen atoms in total. The monoisotopic (exact) mass is 452 g/mol. The van der Waals surface area contributed by atoms with Crippen molar-refractivity contribution in [3.63, 3.8) is 0 Å². The normalized spacial score (nSPS) is 10.4. The zero-order chi connectivity index (χ0) is 22.1. The maximum absolute atomic E-state index is 12.1. The first-order valence-electron chi connectivity index (χ1n) is 8.45. The minimum atomic E-state index is -0.920. The number of carbonyl (C=O) groups is 3. The summed E-state index contributed by atoms with van der Waals surface area (Å²) in [5.41, 5.74) is 2.98. The first kappa shape index (κ1) is 23.0. The van der Waals surface area contributed by atoms with Gasteiger partial charge in [0.1, 0.15) is 0 Å². The first-order chi connectivity index (χ1) is 14.3. The Labute approximate surface area is 182 Å². The van der Waals surface area contributed by atoms with Crippen LogP contribution in [0.4, 0.5) is 5.69 Å². The Hall–Kier alpha value is -3.30. The fourth-order valence-electron chi connectivity index (χ4n) is 2.17. The van der Waals surface area contributed by atoms with E-state index in [1.54, 1.807) is 24.3 Å². The Balaban J connectivity index is 2.04. The predicted octanol–water partition coefficient (Wildman–Crippen LogP) is 2.22. The van der Waals surface area contributed by atoms with Gasteiger partial charge in [-0.1, -0.05) is 35.3 Å². The number of amides is 3. The third kappa shape index (κ3) is 6.36. The highest BCUT2D eigenvalue weighted by Gasteiger charge is 2.14. The number of carbonyl (C=O) groups excluding carboxylic acids is 3. The van der Waals surface area contributed by atoms with Gasteiger partial charge in [-0.05, 0) is 29.8 Å². The minimum absolute atomic E-state index is 0.152. The Kier molecular flexibility index (Phi) is 8.45. The van der Waals surface area contributed by atoms with Crippen LogP contribution in [0, 0.1) is 0 Å². The van der Waals surface area contributed by atoms with Crippen LogP contribution in [0.2, 0.25) is 10.0 Å². The highest BCUT2D eigenvalue weighted by molar-refractivity contribution is 6.35. The summed E-state index contributed by atoms with van der Waals surface area (Å²) in [7, 11) is 2.72. The Morgan fingerprint density at radius 2 is 1.83 bits per heavy atom. The molecule has 0 saturated heterocycles. The zero-order valence-electron chi connectivity index (χ0n) is 16.0. The molecule has 0 spiro atoms. The van der Waals surface area contributed by atoms with Gasteiger partial charge in [0.05, 0.1) is 29.1 Å². The molecule has 3 amide bonds. The summed E-state index contributed by atoms with van der Waals surface area (Å²) in [6, 6.07) is 9.80. The maximum Gasteiger partial charge on any atom is 0.329 e.